The van der Waals surface area contributed by atoms with Crippen LogP contribution in [-0.4, -0.2) is 136 Å². The molecule has 0 aliphatic heterocycles. The van der Waals surface area contributed by atoms with Crippen molar-refractivity contribution < 1.29 is 87.6 Å². The molecule has 0 radical (unpaired) electrons. The van der Waals surface area contributed by atoms with Crippen LogP contribution in [0.3, 0.4) is 0 Å². The second-order valence-corrected chi connectivity index (χ2v) is 26.8. The summed E-state index contributed by atoms with van der Waals surface area (Å²) in [6.07, 6.45) is 7.61. The van der Waals surface area contributed by atoms with E-state index in [1.807, 2.05) is 30.3 Å². The Morgan fingerprint density at radius 2 is 0.958 bits per heavy atom. The summed E-state index contributed by atoms with van der Waals surface area (Å²) in [5, 5.41) is 25.2. The largest absolute Gasteiger partial charge is 0.507 e. The molecule has 25 heteroatoms. The van der Waals surface area contributed by atoms with Gasteiger partial charge in [0.2, 0.25) is 20.0 Å². The molecule has 8 aromatic rings. The zero-order valence-electron chi connectivity index (χ0n) is 53.1. The number of aliphatic hydroxyl groups is 1. The number of nitrogens with one attached hydrogen (secondary N) is 2. The second kappa shape index (κ2) is 31.4. The fourth-order valence-corrected chi connectivity index (χ4v) is 12.6. The molecular weight excluding hydrogens is 1270 g/mol. The first-order valence-corrected chi connectivity index (χ1v) is 34.4. The number of carbonyl (C=O) groups is 5. The normalized spacial score (nSPS) is 13.3. The second-order valence-electron chi connectivity index (χ2n) is 23.0. The molecule has 2 aliphatic carbocycles. The van der Waals surface area contributed by atoms with Crippen LogP contribution in [0.25, 0.3) is 50.3 Å². The number of nitrogens with zero attached hydrogens (tertiary/aromatic N) is 2. The van der Waals surface area contributed by atoms with E-state index in [-0.39, 0.29) is 85.0 Å². The summed E-state index contributed by atoms with van der Waals surface area (Å²) in [6.45, 7) is 3.94. The number of rotatable bonds is 32. The smallest absolute Gasteiger partial charge is 0.376 e. The van der Waals surface area contributed by atoms with Gasteiger partial charge in [0.25, 0.3) is 17.6 Å². The number of aliphatic carboxylic acids is 1. The number of fused-ring (bicyclic) bond motifs is 2. The van der Waals surface area contributed by atoms with Gasteiger partial charge in [0.15, 0.2) is 5.78 Å². The molecule has 2 saturated carbocycles. The van der Waals surface area contributed by atoms with Gasteiger partial charge in [0.1, 0.15) is 40.1 Å². The highest BCUT2D eigenvalue weighted by Crippen LogP contribution is 2.50. The van der Waals surface area contributed by atoms with E-state index in [1.165, 1.54) is 72.1 Å². The Kier molecular flexibility index (Phi) is 23.2. The van der Waals surface area contributed by atoms with Gasteiger partial charge in [-0.25, -0.2) is 30.4 Å². The minimum atomic E-state index is -3.75. The molecule has 4 N–H and O–H groups in total. The van der Waals surface area contributed by atoms with Gasteiger partial charge in [0, 0.05) is 91.8 Å². The topological polar surface area (TPSA) is 288 Å². The average molecular weight is 1350 g/mol. The average Bonchev–Trinajstić information content (AvgIpc) is 1.61. The highest BCUT2D eigenvalue weighted by Gasteiger charge is 2.35. The lowest BCUT2D eigenvalue weighted by atomic mass is 10.0. The summed E-state index contributed by atoms with van der Waals surface area (Å²) in [7, 11) is -4.42. The lowest BCUT2D eigenvalue weighted by molar-refractivity contribution is -0.146. The Bertz CT molecular complexity index is 4390. The van der Waals surface area contributed by atoms with Crippen molar-refractivity contribution in [1.82, 2.24) is 10.6 Å². The number of halogens is 2. The number of Topliss-reactive ketones (excluding diaryl/α,β-unsaturated/α-hetero) is 1. The summed E-state index contributed by atoms with van der Waals surface area (Å²) in [6, 6.07) is 32.1. The van der Waals surface area contributed by atoms with Crippen molar-refractivity contribution >= 4 is 88.5 Å². The molecule has 2 fully saturated rings. The first-order valence-electron chi connectivity index (χ1n) is 30.7. The highest BCUT2D eigenvalue weighted by atomic mass is 32.2. The lowest BCUT2D eigenvalue weighted by Crippen LogP contribution is -2.34. The molecule has 0 spiro atoms. The summed E-state index contributed by atoms with van der Waals surface area (Å²) in [4.78, 5) is 59.7. The number of aliphatic hydroxyl groups excluding tert-OH is 1. The van der Waals surface area contributed by atoms with Crippen LogP contribution in [-0.2, 0) is 61.8 Å². The van der Waals surface area contributed by atoms with Crippen LogP contribution in [0, 0.1) is 11.6 Å². The van der Waals surface area contributed by atoms with E-state index in [9.17, 15) is 54.7 Å². The predicted molar refractivity (Wildman–Crippen MR) is 355 cm³/mol. The Balaban J connectivity index is 0.000000225. The van der Waals surface area contributed by atoms with Crippen LogP contribution in [0.4, 0.5) is 20.2 Å². The first-order chi connectivity index (χ1) is 45.4. The summed E-state index contributed by atoms with van der Waals surface area (Å²) >= 11 is 0. The monoisotopic (exact) mass is 1340 g/mol. The van der Waals surface area contributed by atoms with Crippen LogP contribution in [0.15, 0.2) is 136 Å². The Morgan fingerprint density at radius 1 is 0.558 bits per heavy atom. The molecule has 21 nitrogen and oxygen atoms in total. The van der Waals surface area contributed by atoms with E-state index in [2.05, 4.69) is 10.6 Å². The van der Waals surface area contributed by atoms with Crippen molar-refractivity contribution in [1.29, 1.82) is 0 Å². The molecule has 502 valence electrons. The molecule has 0 atom stereocenters. The number of hydrogen-bond donors (Lipinski definition) is 4. The van der Waals surface area contributed by atoms with Crippen molar-refractivity contribution in [2.24, 2.45) is 0 Å². The number of amides is 2. The van der Waals surface area contributed by atoms with Crippen LogP contribution in [0.1, 0.15) is 116 Å². The van der Waals surface area contributed by atoms with Crippen LogP contribution >= 0.6 is 0 Å². The molecule has 95 heavy (non-hydrogen) atoms. The summed E-state index contributed by atoms with van der Waals surface area (Å²) in [5.41, 5.74) is 7.40. The van der Waals surface area contributed by atoms with E-state index >= 15 is 0 Å². The van der Waals surface area contributed by atoms with Gasteiger partial charge in [-0.2, -0.15) is 0 Å². The van der Waals surface area contributed by atoms with E-state index in [4.69, 9.17) is 32.9 Å². The SMILES string of the molecule is CNC(=O)c1c(-c2ccc(F)cc2)oc2cc(N(CCOCCCOCc3cccc(C(C)=O)c3)S(C)(=O)=O)c(C3CC3)cc12.CNC(=O)c1c(-c2ccc(F)cc2)oc2cc(N(CCOCCCOCc3cccc(C(O)=CC(=O)C(=O)O)c3)S(C)(=O)=O)c(C3CC3)cc12. The zero-order chi connectivity index (χ0) is 68.1. The number of carbonyl (C=O) groups excluding carboxylic acids is 4. The number of anilines is 2. The number of carboxylic acids is 1. The standard InChI is InChI=1S/C36H37FN2O10S.C34H37FN2O7S/c1-38-35(42)33-28-18-27(23-7-8-23)29(19-32(28)49-34(33)24-9-11-26(37)12-10-24)39(50(2,45)46)13-16-47-14-4-15-48-21-22-5-3-6-25(17-22)30(40)20-31(41)36(43)44;1-22(38)26-7-4-6-23(18-26)21-43-16-5-15-42-17-14-37(45(3,40)41)30-20-31-29(19-28(30)24-8-9-24)32(34(39)36-2)33(44-31)25-10-12-27(35)13-11-25/h3,5-6,9-12,17-20,23,40H,4,7-8,13-16,21H2,1-2H3,(H,38,42)(H,43,44);4,6-7,10-13,18-20,24H,5,8-9,14-17,21H2,1-3H3,(H,36,39). The number of benzene rings is 6. The van der Waals surface area contributed by atoms with E-state index in [0.29, 0.717) is 113 Å². The number of ketones is 2. The number of hydrogen-bond acceptors (Lipinski definition) is 16. The fourth-order valence-electron chi connectivity index (χ4n) is 10.8. The summed E-state index contributed by atoms with van der Waals surface area (Å²) < 4.78 is 117. The molecule has 0 saturated heterocycles. The molecule has 6 aromatic carbocycles. The van der Waals surface area contributed by atoms with Crippen molar-refractivity contribution in [2.75, 3.05) is 87.9 Å². The molecule has 2 aliphatic rings. The Labute approximate surface area is 548 Å². The first kappa shape index (κ1) is 70.2. The fraction of sp³-hybridized carbons (Fsp3) is 0.329. The van der Waals surface area contributed by atoms with Crippen LogP contribution in [0.5, 0.6) is 0 Å². The molecule has 0 bridgehead atoms. The third-order valence-corrected chi connectivity index (χ3v) is 18.1. The van der Waals surface area contributed by atoms with Crippen molar-refractivity contribution in [2.45, 2.75) is 70.5 Å². The highest BCUT2D eigenvalue weighted by molar-refractivity contribution is 7.92. The van der Waals surface area contributed by atoms with Gasteiger partial charge in [-0.1, -0.05) is 36.4 Å². The van der Waals surface area contributed by atoms with Gasteiger partial charge in [-0.3, -0.25) is 27.8 Å². The van der Waals surface area contributed by atoms with Crippen LogP contribution in [0.2, 0.25) is 0 Å². The van der Waals surface area contributed by atoms with Crippen molar-refractivity contribution in [3.8, 4) is 22.6 Å². The molecule has 2 aromatic heterocycles. The Morgan fingerprint density at radius 3 is 1.34 bits per heavy atom. The van der Waals surface area contributed by atoms with Crippen molar-refractivity contribution in [3.63, 3.8) is 0 Å². The Hall–Kier alpha value is -9.11. The zero-order valence-corrected chi connectivity index (χ0v) is 54.7. The van der Waals surface area contributed by atoms with Gasteiger partial charge < -0.3 is 48.6 Å². The predicted octanol–water partition coefficient (Wildman–Crippen LogP) is 11.5. The van der Waals surface area contributed by atoms with Gasteiger partial charge >= 0.3 is 5.97 Å². The van der Waals surface area contributed by atoms with Gasteiger partial charge in [-0.05, 0) is 152 Å². The van der Waals surface area contributed by atoms with E-state index in [0.717, 1.165) is 54.9 Å². The molecule has 2 amide bonds. The lowest BCUT2D eigenvalue weighted by Gasteiger charge is -2.25. The van der Waals surface area contributed by atoms with E-state index in [1.54, 1.807) is 48.5 Å². The minimum absolute atomic E-state index is 0.00473. The maximum atomic E-state index is 13.7. The molecular formula is C70H74F2N4O17S2. The number of ether oxygens (including phenoxy) is 4. The van der Waals surface area contributed by atoms with Gasteiger partial charge in [-0.15, -0.1) is 0 Å². The summed E-state index contributed by atoms with van der Waals surface area (Å²) in [5.74, 6) is -4.14. The molecule has 0 unspecified atom stereocenters. The maximum Gasteiger partial charge on any atom is 0.376 e. The number of furan rings is 2. The molecule has 2 heterocycles. The van der Waals surface area contributed by atoms with Crippen molar-refractivity contribution in [3.05, 3.63) is 184 Å². The third kappa shape index (κ3) is 18.2. The number of carboxylic acid groups (broad SMARTS) is 1. The number of sulfonamides is 2. The van der Waals surface area contributed by atoms with Gasteiger partial charge in [0.05, 0.1) is 74.5 Å². The van der Waals surface area contributed by atoms with E-state index < -0.39 is 49.2 Å². The minimum Gasteiger partial charge on any atom is -0.507 e. The van der Waals surface area contributed by atoms with Crippen LogP contribution < -0.4 is 19.2 Å². The molecule has 10 rings (SSSR count). The quantitative estimate of drug-likeness (QED) is 0.0100. The maximum absolute atomic E-state index is 13.7. The third-order valence-electron chi connectivity index (χ3n) is 15.8.